The fraction of sp³-hybridized carbons (Fsp3) is 0. The highest BCUT2D eigenvalue weighted by Gasteiger charge is 2.21. The minimum absolute atomic E-state index is 0.618. The molecule has 0 N–H and O–H groups in total. The predicted molar refractivity (Wildman–Crippen MR) is 262 cm³/mol. The number of hydrogen-bond acceptors (Lipinski definition) is 6. The van der Waals surface area contributed by atoms with Gasteiger partial charge in [-0.25, -0.2) is 29.9 Å². The fourth-order valence-corrected chi connectivity index (χ4v) is 9.49. The highest BCUT2D eigenvalue weighted by molar-refractivity contribution is 6.37. The summed E-state index contributed by atoms with van der Waals surface area (Å²) in [7, 11) is 0. The smallest absolute Gasteiger partial charge is 0.164 e. The van der Waals surface area contributed by atoms with Crippen LogP contribution in [0.5, 0.6) is 0 Å². The normalized spacial score (nSPS) is 11.8. The lowest BCUT2D eigenvalue weighted by atomic mass is 9.86. The summed E-state index contributed by atoms with van der Waals surface area (Å²) in [4.78, 5) is 30.8. The number of hydrogen-bond donors (Lipinski definition) is 0. The first-order valence-electron chi connectivity index (χ1n) is 21.4. The summed E-state index contributed by atoms with van der Waals surface area (Å²) in [5.41, 5.74) is 5.57. The molecule has 0 spiro atoms. The molecule has 0 aliphatic heterocycles. The molecule has 2 heterocycles. The Bertz CT molecular complexity index is 3560. The molecule has 0 bridgehead atoms. The first-order valence-corrected chi connectivity index (χ1v) is 21.4. The summed E-state index contributed by atoms with van der Waals surface area (Å²) in [6, 6.07) is 72.0. The van der Waals surface area contributed by atoms with Crippen molar-refractivity contribution < 1.29 is 0 Å². The van der Waals surface area contributed by atoms with Crippen molar-refractivity contribution in [1.82, 2.24) is 29.9 Å². The van der Waals surface area contributed by atoms with E-state index >= 15 is 0 Å². The van der Waals surface area contributed by atoms with E-state index in [0.29, 0.717) is 34.9 Å². The molecule has 0 aliphatic carbocycles. The first kappa shape index (κ1) is 36.0. The van der Waals surface area contributed by atoms with Crippen LogP contribution in [0.4, 0.5) is 0 Å². The van der Waals surface area contributed by atoms with Crippen LogP contribution in [-0.2, 0) is 0 Å². The maximum Gasteiger partial charge on any atom is 0.164 e. The maximum absolute atomic E-state index is 5.19. The van der Waals surface area contributed by atoms with E-state index in [1.165, 1.54) is 43.1 Å². The van der Waals surface area contributed by atoms with Crippen LogP contribution < -0.4 is 0 Å². The lowest BCUT2D eigenvalue weighted by Gasteiger charge is -2.18. The molecule has 0 amide bonds. The molecule has 0 saturated carbocycles. The van der Waals surface area contributed by atoms with Gasteiger partial charge in [0.25, 0.3) is 0 Å². The topological polar surface area (TPSA) is 77.3 Å². The standard InChI is InChI=1S/C58H34N6/c1-5-15-37(16-6-1)53-59-54(38-17-7-2-8-18-38)62-57(61-53)43-31-41-29-30-42-32-44(58-63-55(39-19-9-3-10-20-39)60-56(64-58)40-21-11-4-12-22-40)34-48-46-26-14-24-36-28-27-35-23-13-25-45(49(35)50(36)46)47(33-43)51(41)52(42)48/h1-34H. The van der Waals surface area contributed by atoms with Crippen molar-refractivity contribution in [3.8, 4) is 68.3 Å². The molecule has 6 nitrogen and oxygen atoms in total. The fourth-order valence-electron chi connectivity index (χ4n) is 9.49. The van der Waals surface area contributed by atoms with Gasteiger partial charge in [-0.2, -0.15) is 0 Å². The summed E-state index contributed by atoms with van der Waals surface area (Å²) >= 11 is 0. The van der Waals surface area contributed by atoms with Crippen molar-refractivity contribution in [2.45, 2.75) is 0 Å². The molecule has 296 valence electrons. The second-order valence-corrected chi connectivity index (χ2v) is 16.3. The van der Waals surface area contributed by atoms with Crippen LogP contribution in [0.2, 0.25) is 0 Å². The van der Waals surface area contributed by atoms with Gasteiger partial charge in [-0.3, -0.25) is 0 Å². The largest absolute Gasteiger partial charge is 0.208 e. The minimum Gasteiger partial charge on any atom is -0.208 e. The van der Waals surface area contributed by atoms with Crippen molar-refractivity contribution in [1.29, 1.82) is 0 Å². The Kier molecular flexibility index (Phi) is 8.11. The van der Waals surface area contributed by atoms with E-state index < -0.39 is 0 Å². The summed E-state index contributed by atoms with van der Waals surface area (Å²) < 4.78 is 0. The summed E-state index contributed by atoms with van der Waals surface area (Å²) in [6.07, 6.45) is 0. The second kappa shape index (κ2) is 14.4. The molecule has 13 rings (SSSR count). The Morgan fingerprint density at radius 1 is 0.188 bits per heavy atom. The van der Waals surface area contributed by atoms with Crippen LogP contribution in [-0.4, -0.2) is 29.9 Å². The molecule has 0 fully saturated rings. The first-order chi connectivity index (χ1) is 31.7. The van der Waals surface area contributed by atoms with Crippen LogP contribution in [0.3, 0.4) is 0 Å². The third-order valence-corrected chi connectivity index (χ3v) is 12.4. The molecular formula is C58H34N6. The van der Waals surface area contributed by atoms with Crippen LogP contribution in [0.1, 0.15) is 0 Å². The predicted octanol–water partition coefficient (Wildman–Crippen LogP) is 14.4. The molecule has 0 unspecified atom stereocenters. The Labute approximate surface area is 367 Å². The number of nitrogens with zero attached hydrogens (tertiary/aromatic N) is 6. The third-order valence-electron chi connectivity index (χ3n) is 12.4. The maximum atomic E-state index is 5.19. The molecule has 0 atom stereocenters. The van der Waals surface area contributed by atoms with E-state index in [-0.39, 0.29) is 0 Å². The van der Waals surface area contributed by atoms with Crippen molar-refractivity contribution in [3.63, 3.8) is 0 Å². The molecule has 2 aromatic heterocycles. The molecular weight excluding hydrogens is 781 g/mol. The average molecular weight is 815 g/mol. The second-order valence-electron chi connectivity index (χ2n) is 16.3. The molecule has 0 aliphatic rings. The Hall–Kier alpha value is -8.74. The van der Waals surface area contributed by atoms with Gasteiger partial charge in [0.15, 0.2) is 34.9 Å². The number of rotatable bonds is 6. The van der Waals surface area contributed by atoms with Gasteiger partial charge in [-0.15, -0.1) is 0 Å². The van der Waals surface area contributed by atoms with Crippen LogP contribution >= 0.6 is 0 Å². The van der Waals surface area contributed by atoms with E-state index in [2.05, 4.69) is 84.9 Å². The van der Waals surface area contributed by atoms with Gasteiger partial charge in [0.1, 0.15) is 0 Å². The third kappa shape index (κ3) is 5.88. The van der Waals surface area contributed by atoms with E-state index in [9.17, 15) is 0 Å². The van der Waals surface area contributed by atoms with Crippen molar-refractivity contribution in [3.05, 3.63) is 206 Å². The zero-order valence-corrected chi connectivity index (χ0v) is 34.3. The van der Waals surface area contributed by atoms with Crippen molar-refractivity contribution in [2.24, 2.45) is 0 Å². The number of aromatic nitrogens is 6. The van der Waals surface area contributed by atoms with Gasteiger partial charge in [0.05, 0.1) is 0 Å². The van der Waals surface area contributed by atoms with Crippen molar-refractivity contribution in [2.75, 3.05) is 0 Å². The van der Waals surface area contributed by atoms with Crippen LogP contribution in [0.25, 0.3) is 133 Å². The zero-order chi connectivity index (χ0) is 42.1. The van der Waals surface area contributed by atoms with Gasteiger partial charge >= 0.3 is 0 Å². The highest BCUT2D eigenvalue weighted by Crippen LogP contribution is 2.45. The number of benzene rings is 10. The monoisotopic (exact) mass is 814 g/mol. The molecule has 6 heteroatoms. The van der Waals surface area contributed by atoms with Gasteiger partial charge < -0.3 is 0 Å². The van der Waals surface area contributed by atoms with Crippen LogP contribution in [0, 0.1) is 0 Å². The molecule has 0 radical (unpaired) electrons. The summed E-state index contributed by atoms with van der Waals surface area (Å²) in [5.74, 6) is 3.76. The van der Waals surface area contributed by atoms with Crippen molar-refractivity contribution >= 4 is 64.6 Å². The van der Waals surface area contributed by atoms with E-state index in [1.807, 2.05) is 121 Å². The SMILES string of the molecule is c1ccc(-c2nc(-c3ccccc3)nc(-c3cc4ccc5cc(-c6nc(-c7ccccc7)nc(-c7ccccc7)n6)cc6c7cccc8ccc9cccc(c(c3)c4c56)c9c87)n2)cc1. The van der Waals surface area contributed by atoms with Crippen LogP contribution in [0.15, 0.2) is 206 Å². The van der Waals surface area contributed by atoms with Gasteiger partial charge in [-0.05, 0) is 88.9 Å². The number of fused-ring (bicyclic) bond motifs is 2. The molecule has 11 aromatic carbocycles. The summed E-state index contributed by atoms with van der Waals surface area (Å²) in [6.45, 7) is 0. The lowest BCUT2D eigenvalue weighted by molar-refractivity contribution is 1.07. The Morgan fingerprint density at radius 2 is 0.469 bits per heavy atom. The highest BCUT2D eigenvalue weighted by atomic mass is 15.0. The van der Waals surface area contributed by atoms with E-state index in [4.69, 9.17) is 29.9 Å². The Morgan fingerprint density at radius 3 is 0.797 bits per heavy atom. The molecule has 13 aromatic rings. The molecule has 64 heavy (non-hydrogen) atoms. The van der Waals surface area contributed by atoms with E-state index in [1.54, 1.807) is 0 Å². The van der Waals surface area contributed by atoms with Gasteiger partial charge in [-0.1, -0.05) is 182 Å². The van der Waals surface area contributed by atoms with Gasteiger partial charge in [0.2, 0.25) is 0 Å². The quantitative estimate of drug-likeness (QED) is 0.156. The van der Waals surface area contributed by atoms with Gasteiger partial charge in [0, 0.05) is 33.4 Å². The molecule has 0 saturated heterocycles. The lowest BCUT2D eigenvalue weighted by Crippen LogP contribution is -2.01. The zero-order valence-electron chi connectivity index (χ0n) is 34.3. The Balaban J connectivity index is 1.14. The average Bonchev–Trinajstić information content (AvgIpc) is 3.37. The summed E-state index contributed by atoms with van der Waals surface area (Å²) in [5, 5.41) is 13.9. The minimum atomic E-state index is 0.618. The van der Waals surface area contributed by atoms with E-state index in [0.717, 1.165) is 54.9 Å².